The van der Waals surface area contributed by atoms with Crippen LogP contribution in [-0.2, 0) is 0 Å². The van der Waals surface area contributed by atoms with Gasteiger partial charge in [-0.05, 0) is 13.0 Å². The highest BCUT2D eigenvalue weighted by Crippen LogP contribution is 2.21. The van der Waals surface area contributed by atoms with Gasteiger partial charge in [0.2, 0.25) is 5.88 Å². The lowest BCUT2D eigenvalue weighted by Gasteiger charge is -2.04. The third kappa shape index (κ3) is 2.34. The highest BCUT2D eigenvalue weighted by Gasteiger charge is 2.12. The van der Waals surface area contributed by atoms with Gasteiger partial charge in [0.05, 0.1) is 12.8 Å². The largest absolute Gasteiger partial charge is 0.481 e. The fraction of sp³-hybridized carbons (Fsp3) is 0.182. The Hall–Kier alpha value is -1.75. The van der Waals surface area contributed by atoms with Gasteiger partial charge in [-0.15, -0.1) is 0 Å². The fourth-order valence-corrected chi connectivity index (χ4v) is 1.51. The van der Waals surface area contributed by atoms with Crippen LogP contribution in [0.5, 0.6) is 5.88 Å². The topological polar surface area (TPSA) is 47.9 Å². The lowest BCUT2D eigenvalue weighted by atomic mass is 10.3. The molecule has 2 rings (SSSR count). The number of nitrogens with zero attached hydrogens (tertiary/aromatic N) is 3. The van der Waals surface area contributed by atoms with Gasteiger partial charge in [-0.2, -0.15) is 0 Å². The maximum atomic E-state index is 13.3. The predicted octanol–water partition coefficient (Wildman–Crippen LogP) is 2.65. The molecule has 2 aromatic heterocycles. The summed E-state index contributed by atoms with van der Waals surface area (Å²) in [6.45, 7) is 1.52. The number of pyridine rings is 1. The van der Waals surface area contributed by atoms with Crippen LogP contribution >= 0.6 is 11.6 Å². The van der Waals surface area contributed by atoms with Crippen LogP contribution in [0.3, 0.4) is 0 Å². The van der Waals surface area contributed by atoms with Crippen LogP contribution in [0, 0.1) is 12.7 Å². The van der Waals surface area contributed by atoms with Crippen molar-refractivity contribution in [1.29, 1.82) is 0 Å². The van der Waals surface area contributed by atoms with Gasteiger partial charge in [-0.25, -0.2) is 19.3 Å². The van der Waals surface area contributed by atoms with Crippen LogP contribution in [0.2, 0.25) is 5.15 Å². The Morgan fingerprint density at radius 3 is 2.65 bits per heavy atom. The maximum Gasteiger partial charge on any atom is 0.213 e. The number of halogens is 2. The van der Waals surface area contributed by atoms with E-state index in [1.807, 2.05) is 0 Å². The SMILES string of the molecule is COc1cccc(-c2nc(C)c(F)c(Cl)n2)n1. The normalized spacial score (nSPS) is 10.4. The monoisotopic (exact) mass is 253 g/mol. The Morgan fingerprint density at radius 2 is 2.00 bits per heavy atom. The van der Waals surface area contributed by atoms with E-state index in [1.165, 1.54) is 14.0 Å². The van der Waals surface area contributed by atoms with Crippen molar-refractivity contribution >= 4 is 11.6 Å². The molecule has 0 saturated heterocycles. The molecule has 0 aliphatic carbocycles. The molecule has 0 aliphatic rings. The minimum Gasteiger partial charge on any atom is -0.481 e. The summed E-state index contributed by atoms with van der Waals surface area (Å²) in [4.78, 5) is 12.0. The molecule has 0 atom stereocenters. The van der Waals surface area contributed by atoms with Crippen molar-refractivity contribution in [3.8, 4) is 17.4 Å². The smallest absolute Gasteiger partial charge is 0.213 e. The van der Waals surface area contributed by atoms with Gasteiger partial charge in [-0.1, -0.05) is 17.7 Å². The number of hydrogen-bond donors (Lipinski definition) is 0. The first kappa shape index (κ1) is 11.7. The van der Waals surface area contributed by atoms with Gasteiger partial charge >= 0.3 is 0 Å². The molecule has 6 heteroatoms. The summed E-state index contributed by atoms with van der Waals surface area (Å²) in [6.07, 6.45) is 0. The quantitative estimate of drug-likeness (QED) is 0.772. The summed E-state index contributed by atoms with van der Waals surface area (Å²) < 4.78 is 18.3. The maximum absolute atomic E-state index is 13.3. The van der Waals surface area contributed by atoms with E-state index in [0.717, 1.165) is 0 Å². The van der Waals surface area contributed by atoms with Gasteiger partial charge in [0.15, 0.2) is 16.8 Å². The van der Waals surface area contributed by atoms with Gasteiger partial charge in [0.1, 0.15) is 5.69 Å². The van der Waals surface area contributed by atoms with E-state index in [4.69, 9.17) is 16.3 Å². The molecule has 0 radical (unpaired) electrons. The third-order valence-electron chi connectivity index (χ3n) is 2.14. The Balaban J connectivity index is 2.52. The first-order valence-electron chi connectivity index (χ1n) is 4.83. The minimum absolute atomic E-state index is 0.185. The third-order valence-corrected chi connectivity index (χ3v) is 2.39. The Labute approximate surface area is 102 Å². The van der Waals surface area contributed by atoms with Crippen LogP contribution < -0.4 is 4.74 Å². The molecular weight excluding hydrogens is 245 g/mol. The summed E-state index contributed by atoms with van der Waals surface area (Å²) in [7, 11) is 1.51. The first-order chi connectivity index (χ1) is 8.11. The predicted molar refractivity (Wildman–Crippen MR) is 61.5 cm³/mol. The second-order valence-corrected chi connectivity index (χ2v) is 3.66. The Morgan fingerprint density at radius 1 is 1.24 bits per heavy atom. The highest BCUT2D eigenvalue weighted by molar-refractivity contribution is 6.29. The molecule has 0 aromatic carbocycles. The van der Waals surface area contributed by atoms with Crippen molar-refractivity contribution in [2.45, 2.75) is 6.92 Å². The molecule has 0 bridgehead atoms. The van der Waals surface area contributed by atoms with Gasteiger partial charge in [0, 0.05) is 6.07 Å². The van der Waals surface area contributed by atoms with E-state index in [1.54, 1.807) is 18.2 Å². The molecule has 0 fully saturated rings. The van der Waals surface area contributed by atoms with Crippen molar-refractivity contribution in [1.82, 2.24) is 15.0 Å². The molecule has 17 heavy (non-hydrogen) atoms. The van der Waals surface area contributed by atoms with Crippen molar-refractivity contribution in [2.24, 2.45) is 0 Å². The molecule has 88 valence electrons. The van der Waals surface area contributed by atoms with Crippen molar-refractivity contribution < 1.29 is 9.13 Å². The number of rotatable bonds is 2. The van der Waals surface area contributed by atoms with Gasteiger partial charge < -0.3 is 4.74 Å². The van der Waals surface area contributed by atoms with Crippen LogP contribution in [-0.4, -0.2) is 22.1 Å². The molecule has 0 N–H and O–H groups in total. The van der Waals surface area contributed by atoms with Crippen LogP contribution in [0.4, 0.5) is 4.39 Å². The number of methoxy groups -OCH3 is 1. The van der Waals surface area contributed by atoms with E-state index in [2.05, 4.69) is 15.0 Å². The lowest BCUT2D eigenvalue weighted by molar-refractivity contribution is 0.398. The Kier molecular flexibility index (Phi) is 3.19. The standard InChI is InChI=1S/C11H9ClFN3O/c1-6-9(13)10(12)16-11(14-6)7-4-3-5-8(15-7)17-2/h3-5H,1-2H3. The minimum atomic E-state index is -0.613. The van der Waals surface area contributed by atoms with E-state index in [0.29, 0.717) is 11.6 Å². The van der Waals surface area contributed by atoms with E-state index < -0.39 is 5.82 Å². The molecule has 2 heterocycles. The molecule has 0 unspecified atom stereocenters. The molecule has 0 saturated carbocycles. The van der Waals surface area contributed by atoms with Crippen molar-refractivity contribution in [3.05, 3.63) is 34.9 Å². The second kappa shape index (κ2) is 4.63. The van der Waals surface area contributed by atoms with Crippen LogP contribution in [0.15, 0.2) is 18.2 Å². The first-order valence-corrected chi connectivity index (χ1v) is 5.20. The summed E-state index contributed by atoms with van der Waals surface area (Å²) >= 11 is 5.66. The zero-order chi connectivity index (χ0) is 12.4. The second-order valence-electron chi connectivity index (χ2n) is 3.30. The van der Waals surface area contributed by atoms with Crippen molar-refractivity contribution in [3.63, 3.8) is 0 Å². The number of ether oxygens (including phenoxy) is 1. The number of aromatic nitrogens is 3. The van der Waals surface area contributed by atoms with E-state index >= 15 is 0 Å². The average molecular weight is 254 g/mol. The van der Waals surface area contributed by atoms with E-state index in [9.17, 15) is 4.39 Å². The highest BCUT2D eigenvalue weighted by atomic mass is 35.5. The molecule has 0 amide bonds. The Bertz CT molecular complexity index is 539. The fourth-order valence-electron chi connectivity index (χ4n) is 1.29. The number of hydrogen-bond acceptors (Lipinski definition) is 4. The molecule has 2 aromatic rings. The number of aryl methyl sites for hydroxylation is 1. The molecule has 4 nitrogen and oxygen atoms in total. The summed E-state index contributed by atoms with van der Waals surface area (Å²) in [5.74, 6) is 0.0929. The van der Waals surface area contributed by atoms with Gasteiger partial charge in [0.25, 0.3) is 0 Å². The zero-order valence-corrected chi connectivity index (χ0v) is 9.99. The summed E-state index contributed by atoms with van der Waals surface area (Å²) in [5, 5.41) is -0.211. The zero-order valence-electron chi connectivity index (χ0n) is 9.24. The molecule has 0 aliphatic heterocycles. The van der Waals surface area contributed by atoms with Gasteiger partial charge in [-0.3, -0.25) is 0 Å². The van der Waals surface area contributed by atoms with Crippen LogP contribution in [0.1, 0.15) is 5.69 Å². The van der Waals surface area contributed by atoms with Crippen molar-refractivity contribution in [2.75, 3.05) is 7.11 Å². The molecular formula is C11H9ClFN3O. The summed E-state index contributed by atoms with van der Waals surface area (Å²) in [5.41, 5.74) is 0.666. The van der Waals surface area contributed by atoms with Crippen LogP contribution in [0.25, 0.3) is 11.5 Å². The summed E-state index contributed by atoms with van der Waals surface area (Å²) in [6, 6.07) is 5.14. The molecule has 0 spiro atoms. The lowest BCUT2D eigenvalue weighted by Crippen LogP contribution is -1.99. The average Bonchev–Trinajstić information content (AvgIpc) is 2.35. The van der Waals surface area contributed by atoms with E-state index in [-0.39, 0.29) is 16.7 Å².